The van der Waals surface area contributed by atoms with Gasteiger partial charge in [0.2, 0.25) is 0 Å². The third-order valence-electron chi connectivity index (χ3n) is 2.28. The van der Waals surface area contributed by atoms with Crippen molar-refractivity contribution in [1.29, 1.82) is 0 Å². The summed E-state index contributed by atoms with van der Waals surface area (Å²) in [4.78, 5) is 0. The SMILES string of the molecule is Cc1cc(I)c(C)c(I)c1OCCCSOO[O-].[K+]. The van der Waals surface area contributed by atoms with Gasteiger partial charge in [-0.3, -0.25) is 5.04 Å². The average Bonchev–Trinajstić information content (AvgIpc) is 2.34. The second-order valence-corrected chi connectivity index (χ2v) is 6.62. The van der Waals surface area contributed by atoms with Crippen LogP contribution in [0.5, 0.6) is 5.75 Å². The monoisotopic (exact) mass is 534 g/mol. The van der Waals surface area contributed by atoms with Crippen molar-refractivity contribution in [3.8, 4) is 5.75 Å². The van der Waals surface area contributed by atoms with E-state index in [-0.39, 0.29) is 51.4 Å². The first kappa shape index (κ1) is 21.3. The molecule has 0 atom stereocenters. The van der Waals surface area contributed by atoms with E-state index in [2.05, 4.69) is 67.5 Å². The van der Waals surface area contributed by atoms with Crippen molar-refractivity contribution in [1.82, 2.24) is 0 Å². The zero-order chi connectivity index (χ0) is 13.5. The first-order chi connectivity index (χ1) is 8.57. The van der Waals surface area contributed by atoms with Gasteiger partial charge in [0.1, 0.15) is 5.75 Å². The van der Waals surface area contributed by atoms with Gasteiger partial charge in [0.25, 0.3) is 0 Å². The fourth-order valence-electron chi connectivity index (χ4n) is 1.34. The molecule has 0 fully saturated rings. The molecule has 0 N–H and O–H groups in total. The summed E-state index contributed by atoms with van der Waals surface area (Å²) in [7, 11) is 0. The smallest absolute Gasteiger partial charge is 0.691 e. The fraction of sp³-hybridized carbons (Fsp3) is 0.455. The second-order valence-electron chi connectivity index (χ2n) is 3.60. The summed E-state index contributed by atoms with van der Waals surface area (Å²) in [5.41, 5.74) is 2.38. The third kappa shape index (κ3) is 7.44. The van der Waals surface area contributed by atoms with E-state index in [1.54, 1.807) is 0 Å². The summed E-state index contributed by atoms with van der Waals surface area (Å²) >= 11 is 5.62. The van der Waals surface area contributed by atoms with Crippen molar-refractivity contribution < 1.29 is 70.8 Å². The van der Waals surface area contributed by atoms with E-state index >= 15 is 0 Å². The Kier molecular flexibility index (Phi) is 13.3. The van der Waals surface area contributed by atoms with Crippen LogP contribution in [0.3, 0.4) is 0 Å². The van der Waals surface area contributed by atoms with Crippen molar-refractivity contribution in [2.45, 2.75) is 20.3 Å². The molecule has 19 heavy (non-hydrogen) atoms. The number of aryl methyl sites for hydroxylation is 1. The Balaban J connectivity index is 0.00000324. The van der Waals surface area contributed by atoms with Gasteiger partial charge in [0, 0.05) is 21.4 Å². The zero-order valence-electron chi connectivity index (χ0n) is 11.0. The van der Waals surface area contributed by atoms with Crippen molar-refractivity contribution in [3.05, 3.63) is 24.3 Å². The molecule has 0 aliphatic carbocycles. The molecule has 0 spiro atoms. The minimum absolute atomic E-state index is 0. The molecule has 0 radical (unpaired) electrons. The topological polar surface area (TPSA) is 50.8 Å². The molecule has 0 bridgehead atoms. The van der Waals surface area contributed by atoms with E-state index in [0.717, 1.165) is 33.3 Å². The van der Waals surface area contributed by atoms with Gasteiger partial charge in [-0.2, -0.15) is 4.33 Å². The molecule has 0 saturated carbocycles. The summed E-state index contributed by atoms with van der Waals surface area (Å²) < 4.78 is 12.4. The van der Waals surface area contributed by atoms with Crippen molar-refractivity contribution in [3.63, 3.8) is 0 Å². The Morgan fingerprint density at radius 1 is 1.32 bits per heavy atom. The fourth-order valence-corrected chi connectivity index (χ4v) is 3.80. The molecular formula is C11H13I2KO4S. The van der Waals surface area contributed by atoms with Crippen LogP contribution in [0.4, 0.5) is 0 Å². The largest absolute Gasteiger partial charge is 1.00 e. The Bertz CT molecular complexity index is 407. The Labute approximate surface area is 187 Å². The zero-order valence-corrected chi connectivity index (χ0v) is 19.3. The minimum atomic E-state index is 0. The van der Waals surface area contributed by atoms with Gasteiger partial charge in [0.05, 0.1) is 10.2 Å². The molecule has 8 heteroatoms. The first-order valence-corrected chi connectivity index (χ1v) is 8.30. The third-order valence-corrected chi connectivity index (χ3v) is 5.31. The molecule has 0 saturated heterocycles. The maximum atomic E-state index is 9.57. The summed E-state index contributed by atoms with van der Waals surface area (Å²) in [6.07, 6.45) is 0.786. The predicted molar refractivity (Wildman–Crippen MR) is 86.1 cm³/mol. The standard InChI is InChI=1S/C11H14I2O4S.K/c1-7-6-9(12)8(2)10(13)11(7)15-4-3-5-18-17-16-14;/h6,14H,3-5H2,1-2H3;/q;+1/p-1. The molecule has 1 aromatic carbocycles. The van der Waals surface area contributed by atoms with Crippen molar-refractivity contribution in [2.24, 2.45) is 0 Å². The normalized spacial score (nSPS) is 10.2. The van der Waals surface area contributed by atoms with E-state index in [1.165, 1.54) is 9.13 Å². The number of rotatable bonds is 7. The van der Waals surface area contributed by atoms with Gasteiger partial charge in [-0.15, -0.1) is 0 Å². The van der Waals surface area contributed by atoms with Crippen LogP contribution in [0.1, 0.15) is 17.5 Å². The Morgan fingerprint density at radius 2 is 2.00 bits per heavy atom. The molecule has 0 heterocycles. The summed E-state index contributed by atoms with van der Waals surface area (Å²) in [6.45, 7) is 4.72. The number of benzene rings is 1. The first-order valence-electron chi connectivity index (χ1n) is 5.24. The summed E-state index contributed by atoms with van der Waals surface area (Å²) in [5.74, 6) is 1.60. The van der Waals surface area contributed by atoms with Crippen molar-refractivity contribution in [2.75, 3.05) is 12.4 Å². The van der Waals surface area contributed by atoms with Gasteiger partial charge in [-0.1, -0.05) is 0 Å². The van der Waals surface area contributed by atoms with Crippen LogP contribution in [0.15, 0.2) is 6.07 Å². The van der Waals surface area contributed by atoms with Gasteiger partial charge >= 0.3 is 51.4 Å². The molecule has 0 aromatic heterocycles. The molecule has 0 aliphatic rings. The van der Waals surface area contributed by atoms with Gasteiger partial charge in [-0.05, 0) is 82.6 Å². The number of hydrogen-bond acceptors (Lipinski definition) is 5. The van der Waals surface area contributed by atoms with Crippen LogP contribution in [0, 0.1) is 21.0 Å². The van der Waals surface area contributed by atoms with E-state index < -0.39 is 0 Å². The molecular weight excluding hydrogens is 521 g/mol. The van der Waals surface area contributed by atoms with Crippen LogP contribution in [0.25, 0.3) is 0 Å². The van der Waals surface area contributed by atoms with Gasteiger partial charge in [-0.25, -0.2) is 0 Å². The molecule has 4 nitrogen and oxygen atoms in total. The average molecular weight is 534 g/mol. The van der Waals surface area contributed by atoms with E-state index in [0.29, 0.717) is 12.4 Å². The van der Waals surface area contributed by atoms with Crippen LogP contribution in [-0.2, 0) is 9.37 Å². The summed E-state index contributed by atoms with van der Waals surface area (Å²) in [6, 6.07) is 2.12. The van der Waals surface area contributed by atoms with Gasteiger partial charge < -0.3 is 9.99 Å². The van der Waals surface area contributed by atoms with Crippen molar-refractivity contribution >= 4 is 57.2 Å². The molecule has 0 amide bonds. The van der Waals surface area contributed by atoms with E-state index in [9.17, 15) is 5.26 Å². The van der Waals surface area contributed by atoms with Crippen LogP contribution >= 0.6 is 57.2 Å². The quantitative estimate of drug-likeness (QED) is 0.125. The Morgan fingerprint density at radius 3 is 2.63 bits per heavy atom. The second kappa shape index (κ2) is 11.9. The van der Waals surface area contributed by atoms with Crippen LogP contribution < -0.4 is 61.4 Å². The maximum absolute atomic E-state index is 9.57. The number of hydrogen-bond donors (Lipinski definition) is 0. The minimum Gasteiger partial charge on any atom is -0.691 e. The van der Waals surface area contributed by atoms with E-state index in [1.807, 2.05) is 6.92 Å². The van der Waals surface area contributed by atoms with Crippen LogP contribution in [-0.4, -0.2) is 12.4 Å². The molecule has 1 aromatic rings. The van der Waals surface area contributed by atoms with Crippen LogP contribution in [0.2, 0.25) is 0 Å². The number of ether oxygens (including phenoxy) is 1. The molecule has 102 valence electrons. The number of halogens is 2. The molecule has 0 unspecified atom stereocenters. The maximum Gasteiger partial charge on any atom is 1.00 e. The molecule has 1 rings (SSSR count). The predicted octanol–water partition coefficient (Wildman–Crippen LogP) is 0.157. The Hall–Kier alpha value is 2.35. The molecule has 0 aliphatic heterocycles. The van der Waals surface area contributed by atoms with E-state index in [4.69, 9.17) is 4.74 Å². The van der Waals surface area contributed by atoms with Gasteiger partial charge in [0.15, 0.2) is 0 Å². The summed E-state index contributed by atoms with van der Waals surface area (Å²) in [5, 5.41) is 12.8.